The van der Waals surface area contributed by atoms with Crippen molar-refractivity contribution >= 4 is 11.7 Å². The third-order valence-electron chi connectivity index (χ3n) is 4.45. The second-order valence-corrected chi connectivity index (χ2v) is 6.06. The van der Waals surface area contributed by atoms with Crippen molar-refractivity contribution in [2.75, 3.05) is 18.6 Å². The van der Waals surface area contributed by atoms with E-state index in [4.69, 9.17) is 9.84 Å². The Bertz CT molecular complexity index is 730. The highest BCUT2D eigenvalue weighted by molar-refractivity contribution is 5.68. The summed E-state index contributed by atoms with van der Waals surface area (Å²) in [6, 6.07) is 12.4. The molecule has 0 saturated carbocycles. The first-order valence-corrected chi connectivity index (χ1v) is 7.96. The number of rotatable bonds is 6. The minimum absolute atomic E-state index is 0.145. The minimum atomic E-state index is -0.781. The smallest absolute Gasteiger partial charge is 0.303 e. The molecule has 1 N–H and O–H groups in total. The van der Waals surface area contributed by atoms with Crippen molar-refractivity contribution in [3.05, 3.63) is 59.4 Å². The third-order valence-corrected chi connectivity index (χ3v) is 4.45. The predicted molar refractivity (Wildman–Crippen MR) is 90.1 cm³/mol. The number of anilines is 1. The van der Waals surface area contributed by atoms with Gasteiger partial charge < -0.3 is 14.7 Å². The van der Waals surface area contributed by atoms with Gasteiger partial charge in [-0.25, -0.2) is 4.39 Å². The molecule has 1 atom stereocenters. The van der Waals surface area contributed by atoms with E-state index in [9.17, 15) is 9.18 Å². The number of fused-ring (bicyclic) bond motifs is 1. The average molecular weight is 329 g/mol. The molecule has 1 heterocycles. The van der Waals surface area contributed by atoms with Gasteiger partial charge >= 0.3 is 5.97 Å². The summed E-state index contributed by atoms with van der Waals surface area (Å²) in [7, 11) is 1.62. The molecule has 0 saturated heterocycles. The van der Waals surface area contributed by atoms with E-state index in [-0.39, 0.29) is 18.2 Å². The van der Waals surface area contributed by atoms with E-state index >= 15 is 0 Å². The van der Waals surface area contributed by atoms with Crippen molar-refractivity contribution in [1.29, 1.82) is 0 Å². The number of carboxylic acids is 1. The number of ether oxygens (including phenoxy) is 1. The number of carboxylic acid groups (broad SMARTS) is 1. The standard InChI is InChI=1S/C19H20FNO3/c1-24-16-7-8-18-17(10-16)14(4-9-19(22)23)12-21(18)11-13-2-5-15(20)6-3-13/h2-3,5-8,10,14H,4,9,11-12H2,1H3,(H,22,23). The lowest BCUT2D eigenvalue weighted by molar-refractivity contribution is -0.137. The normalized spacial score (nSPS) is 16.1. The van der Waals surface area contributed by atoms with E-state index in [1.54, 1.807) is 19.2 Å². The molecule has 0 amide bonds. The van der Waals surface area contributed by atoms with Gasteiger partial charge in [-0.2, -0.15) is 0 Å². The van der Waals surface area contributed by atoms with Crippen LogP contribution in [0.1, 0.15) is 29.9 Å². The fraction of sp³-hybridized carbons (Fsp3) is 0.316. The molecule has 4 nitrogen and oxygen atoms in total. The number of hydrogen-bond acceptors (Lipinski definition) is 3. The highest BCUT2D eigenvalue weighted by Gasteiger charge is 2.29. The summed E-state index contributed by atoms with van der Waals surface area (Å²) in [5, 5.41) is 8.98. The molecule has 0 aliphatic carbocycles. The molecule has 0 bridgehead atoms. The van der Waals surface area contributed by atoms with E-state index in [1.807, 2.05) is 18.2 Å². The van der Waals surface area contributed by atoms with Gasteiger partial charge in [0, 0.05) is 31.1 Å². The Hall–Kier alpha value is -2.56. The SMILES string of the molecule is COc1ccc2c(c1)C(CCC(=O)O)CN2Cc1ccc(F)cc1. The summed E-state index contributed by atoms with van der Waals surface area (Å²) in [6.45, 7) is 1.43. The second kappa shape index (κ2) is 6.91. The van der Waals surface area contributed by atoms with Crippen molar-refractivity contribution in [1.82, 2.24) is 0 Å². The van der Waals surface area contributed by atoms with Gasteiger partial charge in [0.2, 0.25) is 0 Å². The number of carbonyl (C=O) groups is 1. The summed E-state index contributed by atoms with van der Waals surface area (Å²) in [4.78, 5) is 13.1. The van der Waals surface area contributed by atoms with Crippen LogP contribution in [0, 0.1) is 5.82 Å². The molecular formula is C19H20FNO3. The number of aliphatic carboxylic acids is 1. The maximum atomic E-state index is 13.1. The van der Waals surface area contributed by atoms with Gasteiger partial charge in [-0.15, -0.1) is 0 Å². The summed E-state index contributed by atoms with van der Waals surface area (Å²) in [5.74, 6) is -0.0922. The molecule has 1 aliphatic rings. The predicted octanol–water partition coefficient (Wildman–Crippen LogP) is 3.80. The van der Waals surface area contributed by atoms with Gasteiger partial charge in [0.05, 0.1) is 7.11 Å². The Morgan fingerprint density at radius 3 is 2.71 bits per heavy atom. The topological polar surface area (TPSA) is 49.8 Å². The van der Waals surface area contributed by atoms with Gasteiger partial charge in [-0.3, -0.25) is 4.79 Å². The van der Waals surface area contributed by atoms with Crippen LogP contribution in [-0.2, 0) is 11.3 Å². The van der Waals surface area contributed by atoms with Crippen molar-refractivity contribution in [3.8, 4) is 5.75 Å². The van der Waals surface area contributed by atoms with Crippen LogP contribution in [0.4, 0.5) is 10.1 Å². The Balaban J connectivity index is 1.84. The van der Waals surface area contributed by atoms with E-state index in [0.29, 0.717) is 13.0 Å². The highest BCUT2D eigenvalue weighted by Crippen LogP contribution is 2.41. The number of benzene rings is 2. The number of methoxy groups -OCH3 is 1. The van der Waals surface area contributed by atoms with Gasteiger partial charge in [-0.1, -0.05) is 12.1 Å². The summed E-state index contributed by atoms with van der Waals surface area (Å²) < 4.78 is 18.4. The zero-order chi connectivity index (χ0) is 17.1. The quantitative estimate of drug-likeness (QED) is 0.876. The van der Waals surface area contributed by atoms with Crippen molar-refractivity contribution in [2.45, 2.75) is 25.3 Å². The molecule has 1 unspecified atom stereocenters. The number of nitrogens with zero attached hydrogens (tertiary/aromatic N) is 1. The second-order valence-electron chi connectivity index (χ2n) is 6.06. The molecule has 0 fully saturated rings. The van der Waals surface area contributed by atoms with Gasteiger partial charge in [-0.05, 0) is 47.9 Å². The molecule has 2 aromatic carbocycles. The molecule has 0 aromatic heterocycles. The first kappa shape index (κ1) is 16.3. The molecule has 3 rings (SSSR count). The first-order chi connectivity index (χ1) is 11.6. The monoisotopic (exact) mass is 329 g/mol. The summed E-state index contributed by atoms with van der Waals surface area (Å²) >= 11 is 0. The lowest BCUT2D eigenvalue weighted by Gasteiger charge is -2.20. The Labute approximate surface area is 140 Å². The lowest BCUT2D eigenvalue weighted by Crippen LogP contribution is -2.21. The minimum Gasteiger partial charge on any atom is -0.497 e. The van der Waals surface area contributed by atoms with Crippen LogP contribution < -0.4 is 9.64 Å². The molecule has 126 valence electrons. The maximum absolute atomic E-state index is 13.1. The molecule has 5 heteroatoms. The van der Waals surface area contributed by atoms with Crippen LogP contribution in [-0.4, -0.2) is 24.7 Å². The Morgan fingerprint density at radius 2 is 2.04 bits per heavy atom. The Kier molecular flexibility index (Phi) is 4.69. The molecule has 2 aromatic rings. The molecule has 0 spiro atoms. The summed E-state index contributed by atoms with van der Waals surface area (Å²) in [6.07, 6.45) is 0.737. The zero-order valence-corrected chi connectivity index (χ0v) is 13.5. The Morgan fingerprint density at radius 1 is 1.29 bits per heavy atom. The van der Waals surface area contributed by atoms with E-state index in [1.165, 1.54) is 12.1 Å². The van der Waals surface area contributed by atoms with Crippen LogP contribution in [0.15, 0.2) is 42.5 Å². The average Bonchev–Trinajstić information content (AvgIpc) is 2.92. The van der Waals surface area contributed by atoms with Crippen LogP contribution in [0.2, 0.25) is 0 Å². The van der Waals surface area contributed by atoms with Gasteiger partial charge in [0.15, 0.2) is 0 Å². The third kappa shape index (κ3) is 3.50. The first-order valence-electron chi connectivity index (χ1n) is 7.96. The van der Waals surface area contributed by atoms with Crippen LogP contribution >= 0.6 is 0 Å². The molecule has 1 aliphatic heterocycles. The van der Waals surface area contributed by atoms with E-state index in [0.717, 1.165) is 29.1 Å². The van der Waals surface area contributed by atoms with Crippen LogP contribution in [0.3, 0.4) is 0 Å². The molecule has 0 radical (unpaired) electrons. The number of halogens is 1. The maximum Gasteiger partial charge on any atom is 0.303 e. The van der Waals surface area contributed by atoms with E-state index < -0.39 is 5.97 Å². The fourth-order valence-corrected chi connectivity index (χ4v) is 3.24. The van der Waals surface area contributed by atoms with Crippen LogP contribution in [0.5, 0.6) is 5.75 Å². The van der Waals surface area contributed by atoms with Gasteiger partial charge in [0.25, 0.3) is 0 Å². The fourth-order valence-electron chi connectivity index (χ4n) is 3.24. The van der Waals surface area contributed by atoms with Crippen molar-refractivity contribution in [3.63, 3.8) is 0 Å². The van der Waals surface area contributed by atoms with Crippen LogP contribution in [0.25, 0.3) is 0 Å². The highest BCUT2D eigenvalue weighted by atomic mass is 19.1. The van der Waals surface area contributed by atoms with Gasteiger partial charge in [0.1, 0.15) is 11.6 Å². The largest absolute Gasteiger partial charge is 0.497 e. The van der Waals surface area contributed by atoms with Crippen molar-refractivity contribution < 1.29 is 19.0 Å². The molecular weight excluding hydrogens is 309 g/mol. The van der Waals surface area contributed by atoms with E-state index in [2.05, 4.69) is 4.90 Å². The summed E-state index contributed by atoms with van der Waals surface area (Å²) in [5.41, 5.74) is 3.24. The van der Waals surface area contributed by atoms with Crippen molar-refractivity contribution in [2.24, 2.45) is 0 Å². The zero-order valence-electron chi connectivity index (χ0n) is 13.5. The number of hydrogen-bond donors (Lipinski definition) is 1. The lowest BCUT2D eigenvalue weighted by atomic mass is 9.96. The molecule has 24 heavy (non-hydrogen) atoms.